The second-order valence-corrected chi connectivity index (χ2v) is 4.26. The first kappa shape index (κ1) is 11.2. The van der Waals surface area contributed by atoms with Gasteiger partial charge in [0.15, 0.2) is 5.76 Å². The Morgan fingerprint density at radius 1 is 1.44 bits per heavy atom. The van der Waals surface area contributed by atoms with Crippen molar-refractivity contribution >= 4 is 17.4 Å². The number of Topliss-reactive ketones (excluding diaryl/α,β-unsaturated/α-hetero) is 1. The normalized spacial score (nSPS) is 15.2. The molecule has 3 heteroatoms. The van der Waals surface area contributed by atoms with Crippen LogP contribution in [0.5, 0.6) is 0 Å². The summed E-state index contributed by atoms with van der Waals surface area (Å²) < 4.78 is 5.33. The Labute approximate surface area is 99.9 Å². The first-order valence-electron chi connectivity index (χ1n) is 5.32. The summed E-state index contributed by atoms with van der Waals surface area (Å²) >= 11 is 5.98. The Morgan fingerprint density at radius 3 is 2.88 bits per heavy atom. The van der Waals surface area contributed by atoms with E-state index in [-0.39, 0.29) is 5.78 Å². The molecule has 0 amide bonds. The highest BCUT2D eigenvalue weighted by Crippen LogP contribution is 2.21. The van der Waals surface area contributed by atoms with Crippen LogP contribution in [0.2, 0.25) is 5.02 Å². The van der Waals surface area contributed by atoms with Crippen molar-refractivity contribution in [2.45, 2.75) is 19.8 Å². The van der Waals surface area contributed by atoms with Gasteiger partial charge >= 0.3 is 0 Å². The third-order valence-electron chi connectivity index (χ3n) is 2.59. The molecule has 1 aliphatic heterocycles. The molecule has 1 heterocycles. The summed E-state index contributed by atoms with van der Waals surface area (Å²) in [5.41, 5.74) is 1.56. The number of benzene rings is 1. The van der Waals surface area contributed by atoms with Gasteiger partial charge in [0.2, 0.25) is 5.78 Å². The van der Waals surface area contributed by atoms with Crippen molar-refractivity contribution in [3.8, 4) is 0 Å². The number of allylic oxidation sites excluding steroid dienone is 2. The monoisotopic (exact) mass is 236 g/mol. The zero-order valence-corrected chi connectivity index (χ0v) is 9.88. The molecule has 16 heavy (non-hydrogen) atoms. The SMILES string of the molecule is Cc1ccc(C(=O)C2=CCCCO2)cc1Cl. The summed E-state index contributed by atoms with van der Waals surface area (Å²) in [7, 11) is 0. The maximum absolute atomic E-state index is 12.0. The fourth-order valence-electron chi connectivity index (χ4n) is 1.59. The maximum Gasteiger partial charge on any atom is 0.227 e. The van der Waals surface area contributed by atoms with Crippen molar-refractivity contribution in [2.24, 2.45) is 0 Å². The van der Waals surface area contributed by atoms with E-state index in [9.17, 15) is 4.79 Å². The number of aryl methyl sites for hydroxylation is 1. The van der Waals surface area contributed by atoms with E-state index in [4.69, 9.17) is 16.3 Å². The lowest BCUT2D eigenvalue weighted by molar-refractivity contribution is 0.0899. The third-order valence-corrected chi connectivity index (χ3v) is 3.00. The highest BCUT2D eigenvalue weighted by molar-refractivity contribution is 6.31. The minimum Gasteiger partial charge on any atom is -0.490 e. The second-order valence-electron chi connectivity index (χ2n) is 3.85. The molecule has 0 spiro atoms. The number of halogens is 1. The molecule has 0 saturated carbocycles. The van der Waals surface area contributed by atoms with Gasteiger partial charge in [-0.15, -0.1) is 0 Å². The molecule has 2 rings (SSSR count). The van der Waals surface area contributed by atoms with Crippen LogP contribution in [-0.4, -0.2) is 12.4 Å². The van der Waals surface area contributed by atoms with E-state index in [0.717, 1.165) is 18.4 Å². The zero-order chi connectivity index (χ0) is 11.5. The standard InChI is InChI=1S/C13H13ClO2/c1-9-5-6-10(8-11(9)14)13(15)12-4-2-3-7-16-12/h4-6,8H,2-3,7H2,1H3. The van der Waals surface area contributed by atoms with Gasteiger partial charge in [-0.25, -0.2) is 0 Å². The van der Waals surface area contributed by atoms with E-state index in [0.29, 0.717) is 23.0 Å². The summed E-state index contributed by atoms with van der Waals surface area (Å²) in [5, 5.41) is 0.613. The van der Waals surface area contributed by atoms with E-state index in [1.54, 1.807) is 12.1 Å². The van der Waals surface area contributed by atoms with Crippen molar-refractivity contribution < 1.29 is 9.53 Å². The van der Waals surface area contributed by atoms with Gasteiger partial charge in [0, 0.05) is 10.6 Å². The Kier molecular flexibility index (Phi) is 3.30. The first-order chi connectivity index (χ1) is 7.68. The molecular weight excluding hydrogens is 224 g/mol. The van der Waals surface area contributed by atoms with Crippen molar-refractivity contribution in [3.63, 3.8) is 0 Å². The summed E-state index contributed by atoms with van der Waals surface area (Å²) in [6.45, 7) is 2.53. The van der Waals surface area contributed by atoms with Crippen LogP contribution >= 0.6 is 11.6 Å². The molecule has 0 radical (unpaired) electrons. The average molecular weight is 237 g/mol. The van der Waals surface area contributed by atoms with Crippen molar-refractivity contribution in [1.82, 2.24) is 0 Å². The molecule has 1 aromatic rings. The molecule has 1 aromatic carbocycles. The number of ketones is 1. The lowest BCUT2D eigenvalue weighted by Gasteiger charge is -2.13. The largest absolute Gasteiger partial charge is 0.490 e. The molecule has 0 bridgehead atoms. The summed E-state index contributed by atoms with van der Waals surface area (Å²) in [6, 6.07) is 5.32. The van der Waals surface area contributed by atoms with Crippen LogP contribution in [0.4, 0.5) is 0 Å². The van der Waals surface area contributed by atoms with Crippen LogP contribution in [0.25, 0.3) is 0 Å². The van der Waals surface area contributed by atoms with Crippen LogP contribution in [0.3, 0.4) is 0 Å². The van der Waals surface area contributed by atoms with Gasteiger partial charge in [-0.1, -0.05) is 23.7 Å². The Morgan fingerprint density at radius 2 is 2.25 bits per heavy atom. The fraction of sp³-hybridized carbons (Fsp3) is 0.308. The topological polar surface area (TPSA) is 26.3 Å². The van der Waals surface area contributed by atoms with Gasteiger partial charge < -0.3 is 4.74 Å². The number of hydrogen-bond acceptors (Lipinski definition) is 2. The van der Waals surface area contributed by atoms with Crippen LogP contribution in [0.15, 0.2) is 30.0 Å². The molecule has 0 N–H and O–H groups in total. The van der Waals surface area contributed by atoms with Gasteiger partial charge in [-0.05, 0) is 37.5 Å². The lowest BCUT2D eigenvalue weighted by atomic mass is 10.1. The van der Waals surface area contributed by atoms with Gasteiger partial charge in [-0.3, -0.25) is 4.79 Å². The first-order valence-corrected chi connectivity index (χ1v) is 5.70. The highest BCUT2D eigenvalue weighted by atomic mass is 35.5. The van der Waals surface area contributed by atoms with Gasteiger partial charge in [0.25, 0.3) is 0 Å². The quantitative estimate of drug-likeness (QED) is 0.735. The molecule has 0 unspecified atom stereocenters. The van der Waals surface area contributed by atoms with E-state index in [1.165, 1.54) is 0 Å². The van der Waals surface area contributed by atoms with Gasteiger partial charge in [0.05, 0.1) is 6.61 Å². The second kappa shape index (κ2) is 4.71. The Bertz CT molecular complexity index is 449. The third kappa shape index (κ3) is 2.27. The molecule has 0 fully saturated rings. The smallest absolute Gasteiger partial charge is 0.227 e. The van der Waals surface area contributed by atoms with E-state index in [2.05, 4.69) is 0 Å². The van der Waals surface area contributed by atoms with Crippen molar-refractivity contribution in [1.29, 1.82) is 0 Å². The molecule has 0 aromatic heterocycles. The minimum absolute atomic E-state index is 0.0819. The summed E-state index contributed by atoms with van der Waals surface area (Å²) in [4.78, 5) is 12.0. The van der Waals surface area contributed by atoms with E-state index < -0.39 is 0 Å². The molecule has 0 saturated heterocycles. The van der Waals surface area contributed by atoms with Crippen LogP contribution in [0.1, 0.15) is 28.8 Å². The lowest BCUT2D eigenvalue weighted by Crippen LogP contribution is -2.11. The Balaban J connectivity index is 2.26. The predicted molar refractivity (Wildman–Crippen MR) is 63.8 cm³/mol. The number of hydrogen-bond donors (Lipinski definition) is 0. The molecule has 1 aliphatic rings. The van der Waals surface area contributed by atoms with Crippen molar-refractivity contribution in [3.05, 3.63) is 46.2 Å². The predicted octanol–water partition coefficient (Wildman–Crippen LogP) is 3.53. The average Bonchev–Trinajstić information content (AvgIpc) is 2.33. The molecule has 0 atom stereocenters. The van der Waals surface area contributed by atoms with Crippen LogP contribution in [0, 0.1) is 6.92 Å². The minimum atomic E-state index is -0.0819. The van der Waals surface area contributed by atoms with Crippen LogP contribution in [-0.2, 0) is 4.74 Å². The number of rotatable bonds is 2. The summed E-state index contributed by atoms with van der Waals surface area (Å²) in [5.74, 6) is 0.368. The maximum atomic E-state index is 12.0. The van der Waals surface area contributed by atoms with Crippen molar-refractivity contribution in [2.75, 3.05) is 6.61 Å². The molecule has 0 aliphatic carbocycles. The highest BCUT2D eigenvalue weighted by Gasteiger charge is 2.16. The molecule has 2 nitrogen and oxygen atoms in total. The van der Waals surface area contributed by atoms with Crippen LogP contribution < -0.4 is 0 Å². The van der Waals surface area contributed by atoms with E-state index >= 15 is 0 Å². The molecular formula is C13H13ClO2. The Hall–Kier alpha value is -1.28. The fourth-order valence-corrected chi connectivity index (χ4v) is 1.77. The summed E-state index contributed by atoms with van der Waals surface area (Å²) in [6.07, 6.45) is 3.73. The number of carbonyl (C=O) groups excluding carboxylic acids is 1. The van der Waals surface area contributed by atoms with Gasteiger partial charge in [0.1, 0.15) is 0 Å². The van der Waals surface area contributed by atoms with E-state index in [1.807, 2.05) is 19.1 Å². The zero-order valence-electron chi connectivity index (χ0n) is 9.13. The molecule has 84 valence electrons. The number of ether oxygens (including phenoxy) is 1. The van der Waals surface area contributed by atoms with Gasteiger partial charge in [-0.2, -0.15) is 0 Å². The number of carbonyl (C=O) groups is 1.